The van der Waals surface area contributed by atoms with E-state index in [9.17, 15) is 4.79 Å². The van der Waals surface area contributed by atoms with Gasteiger partial charge >= 0.3 is 5.97 Å². The zero-order valence-electron chi connectivity index (χ0n) is 11.4. The lowest BCUT2D eigenvalue weighted by Crippen LogP contribution is -2.06. The van der Waals surface area contributed by atoms with Crippen LogP contribution in [0, 0.1) is 0 Å². The minimum Gasteiger partial charge on any atom is -0.503 e. The van der Waals surface area contributed by atoms with Gasteiger partial charge < -0.3 is 9.47 Å². The van der Waals surface area contributed by atoms with Gasteiger partial charge in [-0.05, 0) is 18.1 Å². The summed E-state index contributed by atoms with van der Waals surface area (Å²) < 4.78 is 9.58. The Labute approximate surface area is 113 Å². The molecule has 19 heavy (non-hydrogen) atoms. The Morgan fingerprint density at radius 2 is 1.84 bits per heavy atom. The summed E-state index contributed by atoms with van der Waals surface area (Å²) in [5.41, 5.74) is 2.28. The summed E-state index contributed by atoms with van der Waals surface area (Å²) in [5.74, 6) is -0.413. The van der Waals surface area contributed by atoms with E-state index < -0.39 is 5.97 Å². The summed E-state index contributed by atoms with van der Waals surface area (Å²) >= 11 is 0. The molecule has 0 aliphatic heterocycles. The van der Waals surface area contributed by atoms with Crippen molar-refractivity contribution < 1.29 is 14.3 Å². The van der Waals surface area contributed by atoms with Gasteiger partial charge in [-0.15, -0.1) is 0 Å². The minimum atomic E-state index is -0.413. The van der Waals surface area contributed by atoms with E-state index in [0.29, 0.717) is 5.57 Å². The van der Waals surface area contributed by atoms with Crippen molar-refractivity contribution in [2.45, 2.75) is 6.92 Å². The monoisotopic (exact) mass is 258 g/mol. The molecule has 0 unspecified atom stereocenters. The third kappa shape index (κ3) is 4.84. The summed E-state index contributed by atoms with van der Waals surface area (Å²) in [4.78, 5) is 11.5. The first-order chi connectivity index (χ1) is 9.19. The topological polar surface area (TPSA) is 35.5 Å². The Kier molecular flexibility index (Phi) is 6.16. The number of ether oxygens (including phenoxy) is 2. The molecule has 0 saturated carbocycles. The van der Waals surface area contributed by atoms with E-state index in [1.165, 1.54) is 20.5 Å². The van der Waals surface area contributed by atoms with Crippen molar-refractivity contribution in [3.63, 3.8) is 0 Å². The molecule has 1 aromatic carbocycles. The average molecular weight is 258 g/mol. The number of rotatable bonds is 5. The van der Waals surface area contributed by atoms with E-state index in [0.717, 1.165) is 11.1 Å². The number of methoxy groups -OCH3 is 2. The van der Waals surface area contributed by atoms with Crippen LogP contribution in [0.15, 0.2) is 59.9 Å². The normalized spacial score (nSPS) is 12.6. The van der Waals surface area contributed by atoms with Gasteiger partial charge in [-0.1, -0.05) is 48.6 Å². The third-order valence-electron chi connectivity index (χ3n) is 2.50. The SMILES string of the molecule is CO\C=C(C(=O)OC)/C(C)=C/C=C\c1ccccc1. The predicted molar refractivity (Wildman–Crippen MR) is 76.3 cm³/mol. The van der Waals surface area contributed by atoms with Crippen molar-refractivity contribution in [3.8, 4) is 0 Å². The second-order valence-corrected chi connectivity index (χ2v) is 3.88. The van der Waals surface area contributed by atoms with Crippen LogP contribution >= 0.6 is 0 Å². The Morgan fingerprint density at radius 3 is 2.42 bits per heavy atom. The van der Waals surface area contributed by atoms with Crippen molar-refractivity contribution in [1.82, 2.24) is 0 Å². The molecule has 0 atom stereocenters. The molecule has 0 radical (unpaired) electrons. The van der Waals surface area contributed by atoms with Gasteiger partial charge in [0.25, 0.3) is 0 Å². The molecular formula is C16H18O3. The first-order valence-corrected chi connectivity index (χ1v) is 5.90. The van der Waals surface area contributed by atoms with Crippen molar-refractivity contribution in [2.75, 3.05) is 14.2 Å². The van der Waals surface area contributed by atoms with Crippen LogP contribution in [0.5, 0.6) is 0 Å². The van der Waals surface area contributed by atoms with Crippen LogP contribution in [0.25, 0.3) is 6.08 Å². The molecule has 0 aromatic heterocycles. The maximum absolute atomic E-state index is 11.5. The van der Waals surface area contributed by atoms with Crippen molar-refractivity contribution in [2.24, 2.45) is 0 Å². The minimum absolute atomic E-state index is 0.405. The van der Waals surface area contributed by atoms with Crippen molar-refractivity contribution in [3.05, 3.63) is 65.5 Å². The van der Waals surface area contributed by atoms with Crippen LogP contribution in [0.3, 0.4) is 0 Å². The number of allylic oxidation sites excluding steroid dienone is 2. The van der Waals surface area contributed by atoms with Crippen LogP contribution in [0.2, 0.25) is 0 Å². The fraction of sp³-hybridized carbons (Fsp3) is 0.188. The molecule has 0 spiro atoms. The number of carbonyl (C=O) groups is 1. The average Bonchev–Trinajstić information content (AvgIpc) is 2.45. The molecule has 1 rings (SSSR count). The quantitative estimate of drug-likeness (QED) is 0.351. The van der Waals surface area contributed by atoms with Gasteiger partial charge in [0, 0.05) is 0 Å². The van der Waals surface area contributed by atoms with E-state index in [4.69, 9.17) is 9.47 Å². The lowest BCUT2D eigenvalue weighted by Gasteiger charge is -2.04. The molecule has 0 N–H and O–H groups in total. The van der Waals surface area contributed by atoms with Gasteiger partial charge in [-0.2, -0.15) is 0 Å². The molecule has 3 heteroatoms. The molecular weight excluding hydrogens is 240 g/mol. The first-order valence-electron chi connectivity index (χ1n) is 5.90. The highest BCUT2D eigenvalue weighted by molar-refractivity contribution is 5.92. The van der Waals surface area contributed by atoms with E-state index >= 15 is 0 Å². The fourth-order valence-electron chi connectivity index (χ4n) is 1.49. The number of hydrogen-bond acceptors (Lipinski definition) is 3. The predicted octanol–water partition coefficient (Wildman–Crippen LogP) is 3.35. The first kappa shape index (κ1) is 14.8. The van der Waals surface area contributed by atoms with Crippen LogP contribution in [-0.2, 0) is 14.3 Å². The maximum Gasteiger partial charge on any atom is 0.341 e. The lowest BCUT2D eigenvalue weighted by molar-refractivity contribution is -0.135. The summed E-state index contributed by atoms with van der Waals surface area (Å²) in [6.07, 6.45) is 7.07. The second kappa shape index (κ2) is 7.93. The Bertz CT molecular complexity index is 496. The van der Waals surface area contributed by atoms with E-state index in [1.807, 2.05) is 55.5 Å². The van der Waals surface area contributed by atoms with E-state index in [2.05, 4.69) is 0 Å². The molecule has 0 amide bonds. The zero-order valence-corrected chi connectivity index (χ0v) is 11.4. The summed E-state index contributed by atoms with van der Waals surface area (Å²) in [6.45, 7) is 1.83. The van der Waals surface area contributed by atoms with Gasteiger partial charge in [-0.25, -0.2) is 4.79 Å². The molecule has 0 heterocycles. The zero-order chi connectivity index (χ0) is 14.1. The van der Waals surface area contributed by atoms with E-state index in [1.54, 1.807) is 0 Å². The standard InChI is InChI=1S/C16H18O3/c1-13(15(12-18-2)16(17)19-3)8-7-11-14-9-5-4-6-10-14/h4-12H,1-3H3/b11-7-,13-8+,15-12+. The van der Waals surface area contributed by atoms with Gasteiger partial charge in [0.05, 0.1) is 26.1 Å². The highest BCUT2D eigenvalue weighted by Gasteiger charge is 2.11. The third-order valence-corrected chi connectivity index (χ3v) is 2.50. The fourth-order valence-corrected chi connectivity index (χ4v) is 1.49. The molecule has 0 fully saturated rings. The summed E-state index contributed by atoms with van der Waals surface area (Å²) in [5, 5.41) is 0. The Hall–Kier alpha value is -2.29. The molecule has 3 nitrogen and oxygen atoms in total. The Balaban J connectivity index is 2.83. The second-order valence-electron chi connectivity index (χ2n) is 3.88. The molecule has 0 saturated heterocycles. The Morgan fingerprint density at radius 1 is 1.16 bits per heavy atom. The van der Waals surface area contributed by atoms with Crippen LogP contribution in [0.1, 0.15) is 12.5 Å². The smallest absolute Gasteiger partial charge is 0.341 e. The molecule has 0 aliphatic rings. The largest absolute Gasteiger partial charge is 0.503 e. The molecule has 100 valence electrons. The molecule has 1 aromatic rings. The number of esters is 1. The van der Waals surface area contributed by atoms with Crippen LogP contribution in [0.4, 0.5) is 0 Å². The summed E-state index contributed by atoms with van der Waals surface area (Å²) in [6, 6.07) is 9.93. The van der Waals surface area contributed by atoms with Gasteiger partial charge in [-0.3, -0.25) is 0 Å². The van der Waals surface area contributed by atoms with Crippen LogP contribution in [-0.4, -0.2) is 20.2 Å². The van der Waals surface area contributed by atoms with Gasteiger partial charge in [0.15, 0.2) is 0 Å². The number of benzene rings is 1. The van der Waals surface area contributed by atoms with Crippen LogP contribution < -0.4 is 0 Å². The number of hydrogen-bond donors (Lipinski definition) is 0. The van der Waals surface area contributed by atoms with Gasteiger partial charge in [0.1, 0.15) is 0 Å². The highest BCUT2D eigenvalue weighted by Crippen LogP contribution is 2.12. The summed E-state index contributed by atoms with van der Waals surface area (Å²) in [7, 11) is 2.84. The number of carbonyl (C=O) groups excluding carboxylic acids is 1. The highest BCUT2D eigenvalue weighted by atomic mass is 16.5. The molecule has 0 aliphatic carbocycles. The van der Waals surface area contributed by atoms with Crippen molar-refractivity contribution >= 4 is 12.0 Å². The van der Waals surface area contributed by atoms with E-state index in [-0.39, 0.29) is 0 Å². The van der Waals surface area contributed by atoms with Crippen molar-refractivity contribution in [1.29, 1.82) is 0 Å². The molecule has 0 bridgehead atoms. The van der Waals surface area contributed by atoms with Gasteiger partial charge in [0.2, 0.25) is 0 Å². The lowest BCUT2D eigenvalue weighted by atomic mass is 10.1. The maximum atomic E-state index is 11.5.